The molecule has 1 atom stereocenters. The zero-order valence-electron chi connectivity index (χ0n) is 9.92. The molecule has 0 saturated carbocycles. The van der Waals surface area contributed by atoms with Gasteiger partial charge in [0.25, 0.3) is 0 Å². The van der Waals surface area contributed by atoms with Crippen LogP contribution in [0.25, 0.3) is 0 Å². The van der Waals surface area contributed by atoms with Crippen molar-refractivity contribution in [1.82, 2.24) is 9.21 Å². The molecular formula is C9H22ClN3O2S. The smallest absolute Gasteiger partial charge is 0.211 e. The van der Waals surface area contributed by atoms with Crippen molar-refractivity contribution in [2.45, 2.75) is 19.4 Å². The van der Waals surface area contributed by atoms with Crippen molar-refractivity contribution in [3.63, 3.8) is 0 Å². The van der Waals surface area contributed by atoms with E-state index in [2.05, 4.69) is 4.90 Å². The Hall–Kier alpha value is 0.120. The maximum atomic E-state index is 11.4. The number of rotatable bonds is 3. The van der Waals surface area contributed by atoms with Gasteiger partial charge in [0, 0.05) is 32.2 Å². The summed E-state index contributed by atoms with van der Waals surface area (Å²) in [7, 11) is -3.03. The number of hydrogen-bond acceptors (Lipinski definition) is 4. The van der Waals surface area contributed by atoms with Crippen LogP contribution >= 0.6 is 12.4 Å². The summed E-state index contributed by atoms with van der Waals surface area (Å²) in [5.74, 6) is 0. The molecule has 5 nitrogen and oxygen atoms in total. The minimum atomic E-state index is -3.03. The first kappa shape index (κ1) is 16.1. The van der Waals surface area contributed by atoms with E-state index in [1.807, 2.05) is 6.92 Å². The minimum Gasteiger partial charge on any atom is -0.327 e. The fourth-order valence-corrected chi connectivity index (χ4v) is 2.74. The van der Waals surface area contributed by atoms with E-state index in [9.17, 15) is 8.42 Å². The number of halogens is 1. The van der Waals surface area contributed by atoms with E-state index in [0.717, 1.165) is 26.1 Å². The summed E-state index contributed by atoms with van der Waals surface area (Å²) in [4.78, 5) is 2.23. The van der Waals surface area contributed by atoms with Crippen LogP contribution in [0.3, 0.4) is 0 Å². The van der Waals surface area contributed by atoms with Gasteiger partial charge in [0.2, 0.25) is 10.0 Å². The van der Waals surface area contributed by atoms with Crippen LogP contribution in [0, 0.1) is 0 Å². The standard InChI is InChI=1S/C9H21N3O2S.ClH/c1-9(10)8-11-4-3-5-12(7-6-11)15(2,13)14;/h9H,3-8,10H2,1-2H3;1H. The lowest BCUT2D eigenvalue weighted by Gasteiger charge is -2.22. The molecule has 1 aliphatic heterocycles. The van der Waals surface area contributed by atoms with Gasteiger partial charge < -0.3 is 10.6 Å². The average Bonchev–Trinajstić information content (AvgIpc) is 2.27. The first-order chi connectivity index (χ1) is 6.89. The van der Waals surface area contributed by atoms with Crippen LogP contribution in [0.15, 0.2) is 0 Å². The fourth-order valence-electron chi connectivity index (χ4n) is 1.87. The summed E-state index contributed by atoms with van der Waals surface area (Å²) < 4.78 is 24.3. The minimum absolute atomic E-state index is 0. The third-order valence-corrected chi connectivity index (χ3v) is 3.87. The molecule has 2 N–H and O–H groups in total. The van der Waals surface area contributed by atoms with Gasteiger partial charge in [0.05, 0.1) is 6.26 Å². The molecule has 0 aliphatic carbocycles. The summed E-state index contributed by atoms with van der Waals surface area (Å²) in [5, 5.41) is 0. The summed E-state index contributed by atoms with van der Waals surface area (Å²) in [6.45, 7) is 5.76. The highest BCUT2D eigenvalue weighted by atomic mass is 35.5. The van der Waals surface area contributed by atoms with Crippen LogP contribution in [-0.4, -0.2) is 62.6 Å². The molecule has 0 spiro atoms. The van der Waals surface area contributed by atoms with Crippen LogP contribution in [0.4, 0.5) is 0 Å². The molecule has 1 heterocycles. The first-order valence-corrected chi connectivity index (χ1v) is 7.17. The molecule has 1 unspecified atom stereocenters. The summed E-state index contributed by atoms with van der Waals surface area (Å²) in [5.41, 5.74) is 5.72. The van der Waals surface area contributed by atoms with Gasteiger partial charge in [0.15, 0.2) is 0 Å². The molecule has 0 aromatic rings. The zero-order chi connectivity index (χ0) is 11.5. The molecule has 1 aliphatic rings. The van der Waals surface area contributed by atoms with E-state index in [0.29, 0.717) is 13.1 Å². The van der Waals surface area contributed by atoms with Crippen molar-refractivity contribution in [1.29, 1.82) is 0 Å². The highest BCUT2D eigenvalue weighted by Crippen LogP contribution is 2.06. The molecule has 1 rings (SSSR count). The molecule has 1 fully saturated rings. The molecule has 0 radical (unpaired) electrons. The lowest BCUT2D eigenvalue weighted by atomic mass is 10.3. The van der Waals surface area contributed by atoms with Crippen molar-refractivity contribution in [3.05, 3.63) is 0 Å². The number of sulfonamides is 1. The molecular weight excluding hydrogens is 250 g/mol. The van der Waals surface area contributed by atoms with Gasteiger partial charge in [0.1, 0.15) is 0 Å². The van der Waals surface area contributed by atoms with E-state index in [1.54, 1.807) is 4.31 Å². The maximum Gasteiger partial charge on any atom is 0.211 e. The Morgan fingerprint density at radius 2 is 1.88 bits per heavy atom. The predicted molar refractivity (Wildman–Crippen MR) is 68.4 cm³/mol. The highest BCUT2D eigenvalue weighted by molar-refractivity contribution is 7.88. The third kappa shape index (κ3) is 5.45. The lowest BCUT2D eigenvalue weighted by Crippen LogP contribution is -2.39. The largest absolute Gasteiger partial charge is 0.327 e. The maximum absolute atomic E-state index is 11.4. The van der Waals surface area contributed by atoms with Crippen molar-refractivity contribution in [2.24, 2.45) is 5.73 Å². The van der Waals surface area contributed by atoms with Gasteiger partial charge in [-0.25, -0.2) is 12.7 Å². The summed E-state index contributed by atoms with van der Waals surface area (Å²) >= 11 is 0. The van der Waals surface area contributed by atoms with E-state index < -0.39 is 10.0 Å². The Kier molecular flexibility index (Phi) is 6.81. The van der Waals surface area contributed by atoms with Crippen molar-refractivity contribution < 1.29 is 8.42 Å². The van der Waals surface area contributed by atoms with Crippen LogP contribution in [0.5, 0.6) is 0 Å². The van der Waals surface area contributed by atoms with E-state index in [4.69, 9.17) is 5.73 Å². The molecule has 98 valence electrons. The van der Waals surface area contributed by atoms with Gasteiger partial charge in [-0.15, -0.1) is 12.4 Å². The Bertz CT molecular complexity index is 295. The highest BCUT2D eigenvalue weighted by Gasteiger charge is 2.21. The van der Waals surface area contributed by atoms with E-state index in [-0.39, 0.29) is 18.4 Å². The Morgan fingerprint density at radius 1 is 1.25 bits per heavy atom. The van der Waals surface area contributed by atoms with Gasteiger partial charge in [-0.2, -0.15) is 0 Å². The SMILES string of the molecule is CC(N)CN1CCCN(S(C)(=O)=O)CC1.Cl. The Morgan fingerprint density at radius 3 is 2.38 bits per heavy atom. The normalized spacial score (nSPS) is 22.2. The molecule has 7 heteroatoms. The molecule has 0 amide bonds. The van der Waals surface area contributed by atoms with Crippen molar-refractivity contribution >= 4 is 22.4 Å². The van der Waals surface area contributed by atoms with Gasteiger partial charge in [-0.05, 0) is 19.9 Å². The quantitative estimate of drug-likeness (QED) is 0.767. The van der Waals surface area contributed by atoms with Crippen LogP contribution in [-0.2, 0) is 10.0 Å². The van der Waals surface area contributed by atoms with Gasteiger partial charge in [-0.1, -0.05) is 0 Å². The third-order valence-electron chi connectivity index (χ3n) is 2.56. The second kappa shape index (κ2) is 6.76. The number of nitrogens with zero attached hydrogens (tertiary/aromatic N) is 2. The van der Waals surface area contributed by atoms with E-state index >= 15 is 0 Å². The van der Waals surface area contributed by atoms with E-state index in [1.165, 1.54) is 6.26 Å². The van der Waals surface area contributed by atoms with Gasteiger partial charge >= 0.3 is 0 Å². The number of nitrogens with two attached hydrogens (primary N) is 1. The van der Waals surface area contributed by atoms with Crippen LogP contribution in [0.2, 0.25) is 0 Å². The Balaban J connectivity index is 0.00000225. The van der Waals surface area contributed by atoms with Crippen molar-refractivity contribution in [3.8, 4) is 0 Å². The first-order valence-electron chi connectivity index (χ1n) is 5.32. The molecule has 1 saturated heterocycles. The molecule has 0 bridgehead atoms. The Labute approximate surface area is 104 Å². The summed E-state index contributed by atoms with van der Waals surface area (Å²) in [6.07, 6.45) is 2.16. The topological polar surface area (TPSA) is 66.6 Å². The molecule has 16 heavy (non-hydrogen) atoms. The van der Waals surface area contributed by atoms with Crippen LogP contribution < -0.4 is 5.73 Å². The zero-order valence-corrected chi connectivity index (χ0v) is 11.6. The van der Waals surface area contributed by atoms with Crippen LogP contribution in [0.1, 0.15) is 13.3 Å². The molecule has 0 aromatic carbocycles. The van der Waals surface area contributed by atoms with Gasteiger partial charge in [-0.3, -0.25) is 0 Å². The molecule has 0 aromatic heterocycles. The lowest BCUT2D eigenvalue weighted by molar-refractivity contribution is 0.273. The second-order valence-electron chi connectivity index (χ2n) is 4.29. The fraction of sp³-hybridized carbons (Fsp3) is 1.00. The number of hydrogen-bond donors (Lipinski definition) is 1. The monoisotopic (exact) mass is 271 g/mol. The van der Waals surface area contributed by atoms with Crippen molar-refractivity contribution in [2.75, 3.05) is 39.0 Å². The average molecular weight is 272 g/mol. The predicted octanol–water partition coefficient (Wildman–Crippen LogP) is -0.277. The second-order valence-corrected chi connectivity index (χ2v) is 6.28. The summed E-state index contributed by atoms with van der Waals surface area (Å²) in [6, 6.07) is 0.148.